The van der Waals surface area contributed by atoms with E-state index in [0.717, 1.165) is 5.56 Å². The minimum atomic E-state index is -2.04. The van der Waals surface area contributed by atoms with Gasteiger partial charge in [0, 0.05) is 18.6 Å². The highest BCUT2D eigenvalue weighted by Crippen LogP contribution is 2.25. The molecule has 128 valence electrons. The molecule has 4 nitrogen and oxygen atoms in total. The fraction of sp³-hybridized carbons (Fsp3) is 0.500. The molecule has 0 aliphatic heterocycles. The number of nitrogens with one attached hydrogen (secondary N) is 1. The lowest BCUT2D eigenvalue weighted by atomic mass is 10.1. The van der Waals surface area contributed by atoms with Crippen molar-refractivity contribution < 1.29 is 4.79 Å². The van der Waals surface area contributed by atoms with E-state index < -0.39 is 9.70 Å². The molecule has 0 aromatic heterocycles. The van der Waals surface area contributed by atoms with Crippen molar-refractivity contribution in [2.75, 3.05) is 6.54 Å². The number of rotatable bonds is 6. The van der Waals surface area contributed by atoms with Crippen LogP contribution in [0.1, 0.15) is 33.3 Å². The van der Waals surface area contributed by atoms with Gasteiger partial charge in [0.25, 0.3) is 9.70 Å². The number of carbonyl (C=O) groups excluding carboxylic acids is 1. The third-order valence-electron chi connectivity index (χ3n) is 3.32. The molecular weight excluding hydrogens is 357 g/mol. The van der Waals surface area contributed by atoms with Crippen LogP contribution in [-0.4, -0.2) is 38.9 Å². The number of nitrogens with zero attached hydrogens (tertiary/aromatic N) is 2. The molecule has 0 fully saturated rings. The van der Waals surface area contributed by atoms with Gasteiger partial charge in [-0.2, -0.15) is 5.10 Å². The van der Waals surface area contributed by atoms with Crippen LogP contribution in [0.15, 0.2) is 35.4 Å². The maximum absolute atomic E-state index is 11.7. The zero-order valence-corrected chi connectivity index (χ0v) is 16.0. The van der Waals surface area contributed by atoms with E-state index in [1.165, 1.54) is 0 Å². The number of halogens is 3. The van der Waals surface area contributed by atoms with Crippen LogP contribution in [-0.2, 0) is 4.79 Å². The third kappa shape index (κ3) is 6.68. The fourth-order valence-corrected chi connectivity index (χ4v) is 2.26. The Morgan fingerprint density at radius 2 is 1.65 bits per heavy atom. The minimum absolute atomic E-state index is 0.327. The van der Waals surface area contributed by atoms with E-state index in [0.29, 0.717) is 24.3 Å². The van der Waals surface area contributed by atoms with Gasteiger partial charge < -0.3 is 0 Å². The molecule has 0 aliphatic carbocycles. The molecule has 1 rings (SSSR count). The molecule has 0 saturated heterocycles. The monoisotopic (exact) mass is 377 g/mol. The van der Waals surface area contributed by atoms with Gasteiger partial charge in [0.15, 0.2) is 0 Å². The lowest BCUT2D eigenvalue weighted by Gasteiger charge is -2.31. The Labute approximate surface area is 152 Å². The van der Waals surface area contributed by atoms with Gasteiger partial charge in [-0.3, -0.25) is 9.69 Å². The molecule has 0 spiro atoms. The van der Waals surface area contributed by atoms with Crippen molar-refractivity contribution in [3.63, 3.8) is 0 Å². The first-order valence-corrected chi connectivity index (χ1v) is 8.51. The number of hydrogen-bond acceptors (Lipinski definition) is 3. The number of hydrazone groups is 1. The summed E-state index contributed by atoms with van der Waals surface area (Å²) in [5.74, 6) is -0.781. The van der Waals surface area contributed by atoms with Gasteiger partial charge in [0.05, 0.1) is 5.71 Å². The fourth-order valence-electron chi connectivity index (χ4n) is 2.14. The van der Waals surface area contributed by atoms with Crippen molar-refractivity contribution in [3.8, 4) is 0 Å². The molecule has 23 heavy (non-hydrogen) atoms. The Morgan fingerprint density at radius 1 is 1.13 bits per heavy atom. The second-order valence-corrected chi connectivity index (χ2v) is 8.00. The molecule has 0 radical (unpaired) electrons. The van der Waals surface area contributed by atoms with Crippen molar-refractivity contribution in [3.05, 3.63) is 35.9 Å². The van der Waals surface area contributed by atoms with Crippen molar-refractivity contribution in [2.45, 2.75) is 43.6 Å². The van der Waals surface area contributed by atoms with Crippen molar-refractivity contribution in [1.29, 1.82) is 0 Å². The standard InChI is InChI=1S/C16H22Cl3N3O/c1-11(2)22(12(3)4)10-14(13-8-6-5-7-9-13)20-21-15(23)16(17,18)19/h5-9,11-12H,10H2,1-4H3,(H,21,23)/b20-14-. The number of hydrogen-bond donors (Lipinski definition) is 1. The molecule has 0 aliphatic rings. The first kappa shape index (κ1) is 20.2. The van der Waals surface area contributed by atoms with Crippen molar-refractivity contribution in [1.82, 2.24) is 10.3 Å². The predicted octanol–water partition coefficient (Wildman–Crippen LogP) is 4.00. The Kier molecular flexibility index (Phi) is 7.81. The van der Waals surface area contributed by atoms with Gasteiger partial charge in [0.2, 0.25) is 0 Å². The van der Waals surface area contributed by atoms with Gasteiger partial charge >= 0.3 is 0 Å². The molecule has 7 heteroatoms. The van der Waals surface area contributed by atoms with Gasteiger partial charge in [-0.15, -0.1) is 0 Å². The Hall–Kier alpha value is -0.810. The highest BCUT2D eigenvalue weighted by atomic mass is 35.6. The van der Waals surface area contributed by atoms with Crippen LogP contribution < -0.4 is 5.43 Å². The summed E-state index contributed by atoms with van der Waals surface area (Å²) in [6.45, 7) is 9.02. The summed E-state index contributed by atoms with van der Waals surface area (Å²) in [5, 5.41) is 4.19. The topological polar surface area (TPSA) is 44.7 Å². The maximum Gasteiger partial charge on any atom is 0.292 e. The summed E-state index contributed by atoms with van der Waals surface area (Å²) in [5.41, 5.74) is 3.94. The number of amides is 1. The van der Waals surface area contributed by atoms with E-state index in [4.69, 9.17) is 34.8 Å². The molecular formula is C16H22Cl3N3O. The molecule has 1 amide bonds. The number of benzene rings is 1. The van der Waals surface area contributed by atoms with Crippen LogP contribution in [0, 0.1) is 0 Å². The first-order chi connectivity index (χ1) is 10.6. The zero-order chi connectivity index (χ0) is 17.6. The lowest BCUT2D eigenvalue weighted by Crippen LogP contribution is -2.42. The smallest absolute Gasteiger partial charge is 0.292 e. The zero-order valence-electron chi connectivity index (χ0n) is 13.7. The summed E-state index contributed by atoms with van der Waals surface area (Å²) in [6.07, 6.45) is 0. The maximum atomic E-state index is 11.7. The number of carbonyl (C=O) groups is 1. The quantitative estimate of drug-likeness (QED) is 0.462. The van der Waals surface area contributed by atoms with Crippen LogP contribution in [0.25, 0.3) is 0 Å². The van der Waals surface area contributed by atoms with Crippen LogP contribution in [0.4, 0.5) is 0 Å². The van der Waals surface area contributed by atoms with E-state index in [1.807, 2.05) is 30.3 Å². The highest BCUT2D eigenvalue weighted by molar-refractivity contribution is 6.76. The normalized spacial score (nSPS) is 13.0. The molecule has 1 aromatic rings. The molecule has 1 N–H and O–H groups in total. The highest BCUT2D eigenvalue weighted by Gasteiger charge is 2.30. The summed E-state index contributed by atoms with van der Waals surface area (Å²) >= 11 is 16.7. The number of alkyl halides is 3. The van der Waals surface area contributed by atoms with Gasteiger partial charge in [-0.05, 0) is 33.3 Å². The summed E-state index contributed by atoms with van der Waals surface area (Å²) in [6, 6.07) is 10.3. The van der Waals surface area contributed by atoms with Crippen molar-refractivity contribution >= 4 is 46.4 Å². The lowest BCUT2D eigenvalue weighted by molar-refractivity contribution is -0.120. The van der Waals surface area contributed by atoms with Gasteiger partial charge in [0.1, 0.15) is 0 Å². The predicted molar refractivity (Wildman–Crippen MR) is 98.4 cm³/mol. The molecule has 0 saturated carbocycles. The Morgan fingerprint density at radius 3 is 2.09 bits per heavy atom. The van der Waals surface area contributed by atoms with Crippen LogP contribution in [0.2, 0.25) is 0 Å². The average Bonchev–Trinajstić information content (AvgIpc) is 2.46. The Bertz CT molecular complexity index is 531. The summed E-state index contributed by atoms with van der Waals surface area (Å²) < 4.78 is -2.04. The summed E-state index contributed by atoms with van der Waals surface area (Å²) in [4.78, 5) is 14.0. The molecule has 1 aromatic carbocycles. The molecule has 0 atom stereocenters. The van der Waals surface area contributed by atoms with E-state index in [-0.39, 0.29) is 0 Å². The summed E-state index contributed by atoms with van der Waals surface area (Å²) in [7, 11) is 0. The Balaban J connectivity index is 3.06. The molecule has 0 unspecified atom stereocenters. The van der Waals surface area contributed by atoms with E-state index in [1.54, 1.807) is 0 Å². The first-order valence-electron chi connectivity index (χ1n) is 7.37. The second kappa shape index (κ2) is 8.88. The van der Waals surface area contributed by atoms with E-state index in [9.17, 15) is 4.79 Å². The van der Waals surface area contributed by atoms with Gasteiger partial charge in [-0.1, -0.05) is 65.1 Å². The van der Waals surface area contributed by atoms with Crippen molar-refractivity contribution in [2.24, 2.45) is 5.10 Å². The average molecular weight is 379 g/mol. The van der Waals surface area contributed by atoms with Crippen LogP contribution in [0.3, 0.4) is 0 Å². The van der Waals surface area contributed by atoms with Gasteiger partial charge in [-0.25, -0.2) is 5.43 Å². The minimum Gasteiger partial charge on any atom is -0.293 e. The third-order valence-corrected chi connectivity index (χ3v) is 3.83. The van der Waals surface area contributed by atoms with Crippen LogP contribution in [0.5, 0.6) is 0 Å². The van der Waals surface area contributed by atoms with E-state index >= 15 is 0 Å². The van der Waals surface area contributed by atoms with E-state index in [2.05, 4.69) is 43.1 Å². The van der Waals surface area contributed by atoms with Crippen LogP contribution >= 0.6 is 34.8 Å². The largest absolute Gasteiger partial charge is 0.293 e. The molecule has 0 bridgehead atoms. The molecule has 0 heterocycles. The SMILES string of the molecule is CC(C)N(C/C(=N/NC(=O)C(Cl)(Cl)Cl)c1ccccc1)C(C)C. The second-order valence-electron chi connectivity index (χ2n) is 5.72.